The van der Waals surface area contributed by atoms with Crippen LogP contribution in [0.2, 0.25) is 0 Å². The van der Waals surface area contributed by atoms with Crippen LogP contribution < -0.4 is 0 Å². The van der Waals surface area contributed by atoms with E-state index in [1.54, 1.807) is 18.2 Å². The first-order chi connectivity index (χ1) is 9.91. The molecular formula is C14H11NO7. The first-order valence-electron chi connectivity index (χ1n) is 5.76. The van der Waals surface area contributed by atoms with E-state index in [1.165, 1.54) is 12.1 Å². The molecule has 0 aliphatic heterocycles. The molecule has 0 saturated carbocycles. The fraction of sp³-hybridized carbons (Fsp3) is 0. The number of carboxylic acids is 1. The molecular weight excluding hydrogens is 294 g/mol. The Morgan fingerprint density at radius 3 is 2.14 bits per heavy atom. The topological polar surface area (TPSA) is 149 Å². The number of aromatic hydroxyl groups is 1. The molecule has 114 valence electrons. The van der Waals surface area contributed by atoms with Crippen molar-refractivity contribution in [1.82, 2.24) is 0 Å². The zero-order valence-corrected chi connectivity index (χ0v) is 11.0. The Kier molecular flexibility index (Phi) is 4.93. The van der Waals surface area contributed by atoms with Gasteiger partial charge in [0.25, 0.3) is 5.69 Å². The first-order valence-corrected chi connectivity index (χ1v) is 5.76. The number of nitro groups is 1. The molecule has 0 aliphatic carbocycles. The van der Waals surface area contributed by atoms with E-state index in [2.05, 4.69) is 0 Å². The lowest BCUT2D eigenvalue weighted by Gasteiger charge is -2.06. The van der Waals surface area contributed by atoms with E-state index in [0.29, 0.717) is 0 Å². The van der Waals surface area contributed by atoms with Gasteiger partial charge >= 0.3 is 5.97 Å². The lowest BCUT2D eigenvalue weighted by molar-refractivity contribution is -0.385. The zero-order valence-electron chi connectivity index (χ0n) is 11.0. The van der Waals surface area contributed by atoms with Gasteiger partial charge < -0.3 is 15.7 Å². The van der Waals surface area contributed by atoms with Crippen molar-refractivity contribution in [3.05, 3.63) is 69.3 Å². The molecule has 0 bridgehead atoms. The van der Waals surface area contributed by atoms with Gasteiger partial charge in [-0.15, -0.1) is 0 Å². The van der Waals surface area contributed by atoms with Crippen molar-refractivity contribution in [1.29, 1.82) is 0 Å². The van der Waals surface area contributed by atoms with E-state index in [4.69, 9.17) is 5.11 Å². The Bertz CT molecular complexity index is 740. The average Bonchev–Trinajstić information content (AvgIpc) is 2.46. The third kappa shape index (κ3) is 3.07. The van der Waals surface area contributed by atoms with Crippen LogP contribution in [0.3, 0.4) is 0 Å². The molecule has 0 fully saturated rings. The Morgan fingerprint density at radius 1 is 1.05 bits per heavy atom. The molecule has 2 rings (SSSR count). The summed E-state index contributed by atoms with van der Waals surface area (Å²) >= 11 is 0. The number of hydrogen-bond donors (Lipinski definition) is 2. The number of phenolic OH excluding ortho intramolecular Hbond substituents is 1. The molecule has 0 aromatic heterocycles. The third-order valence-corrected chi connectivity index (χ3v) is 2.80. The summed E-state index contributed by atoms with van der Waals surface area (Å²) in [6.45, 7) is 0. The maximum atomic E-state index is 12.3. The lowest BCUT2D eigenvalue weighted by Crippen LogP contribution is -2.08. The number of ketones is 1. The normalized spacial score (nSPS) is 9.64. The van der Waals surface area contributed by atoms with Gasteiger partial charge in [0.15, 0.2) is 0 Å². The molecule has 4 N–H and O–H groups in total. The Labute approximate surface area is 123 Å². The van der Waals surface area contributed by atoms with Gasteiger partial charge in [0.05, 0.1) is 10.5 Å². The second-order valence-corrected chi connectivity index (χ2v) is 4.15. The molecule has 0 heterocycles. The Balaban J connectivity index is 0.00000242. The summed E-state index contributed by atoms with van der Waals surface area (Å²) in [5, 5.41) is 29.7. The molecule has 0 saturated heterocycles. The lowest BCUT2D eigenvalue weighted by atomic mass is 9.99. The number of carbonyl (C=O) groups is 2. The van der Waals surface area contributed by atoms with Crippen LogP contribution in [0.15, 0.2) is 42.5 Å². The molecule has 22 heavy (non-hydrogen) atoms. The van der Waals surface area contributed by atoms with Gasteiger partial charge in [0, 0.05) is 11.6 Å². The number of carbonyl (C=O) groups excluding carboxylic acids is 1. The monoisotopic (exact) mass is 305 g/mol. The maximum Gasteiger partial charge on any atom is 0.336 e. The number of nitro benzene ring substituents is 1. The summed E-state index contributed by atoms with van der Waals surface area (Å²) in [6, 6.07) is 9.25. The van der Waals surface area contributed by atoms with Gasteiger partial charge in [-0.05, 0) is 6.07 Å². The Hall–Kier alpha value is -3.26. The molecule has 0 amide bonds. The maximum absolute atomic E-state index is 12.3. The summed E-state index contributed by atoms with van der Waals surface area (Å²) in [7, 11) is 0. The van der Waals surface area contributed by atoms with E-state index in [-0.39, 0.29) is 11.0 Å². The molecule has 8 nitrogen and oxygen atoms in total. The second kappa shape index (κ2) is 6.46. The molecule has 0 unspecified atom stereocenters. The minimum absolute atomic E-state index is 0. The highest BCUT2D eigenvalue weighted by Crippen LogP contribution is 2.31. The summed E-state index contributed by atoms with van der Waals surface area (Å²) in [5.41, 5.74) is -1.60. The third-order valence-electron chi connectivity index (χ3n) is 2.80. The van der Waals surface area contributed by atoms with Crippen molar-refractivity contribution in [2.45, 2.75) is 0 Å². The first kappa shape index (κ1) is 16.8. The fourth-order valence-corrected chi connectivity index (χ4v) is 1.85. The van der Waals surface area contributed by atoms with Crippen molar-refractivity contribution >= 4 is 17.4 Å². The highest BCUT2D eigenvalue weighted by molar-refractivity contribution is 6.13. The predicted octanol–water partition coefficient (Wildman–Crippen LogP) is 1.40. The average molecular weight is 305 g/mol. The molecule has 0 atom stereocenters. The minimum atomic E-state index is -1.44. The van der Waals surface area contributed by atoms with E-state index in [9.17, 15) is 24.8 Å². The molecule has 2 aromatic carbocycles. The van der Waals surface area contributed by atoms with E-state index >= 15 is 0 Å². The predicted molar refractivity (Wildman–Crippen MR) is 75.2 cm³/mol. The van der Waals surface area contributed by atoms with Crippen molar-refractivity contribution in [2.24, 2.45) is 0 Å². The van der Waals surface area contributed by atoms with E-state index in [1.807, 2.05) is 0 Å². The minimum Gasteiger partial charge on any atom is -0.507 e. The fourth-order valence-electron chi connectivity index (χ4n) is 1.85. The van der Waals surface area contributed by atoms with Gasteiger partial charge in [-0.1, -0.05) is 30.3 Å². The van der Waals surface area contributed by atoms with Gasteiger partial charge in [0.2, 0.25) is 5.78 Å². The number of phenols is 1. The van der Waals surface area contributed by atoms with Crippen LogP contribution >= 0.6 is 0 Å². The summed E-state index contributed by atoms with van der Waals surface area (Å²) in [6.07, 6.45) is 0. The second-order valence-electron chi connectivity index (χ2n) is 4.15. The highest BCUT2D eigenvalue weighted by atomic mass is 16.6. The number of benzene rings is 2. The van der Waals surface area contributed by atoms with E-state index < -0.39 is 39.2 Å². The van der Waals surface area contributed by atoms with E-state index in [0.717, 1.165) is 12.1 Å². The molecule has 0 radical (unpaired) electrons. The van der Waals surface area contributed by atoms with Crippen LogP contribution in [-0.2, 0) is 0 Å². The summed E-state index contributed by atoms with van der Waals surface area (Å²) in [5.74, 6) is -2.93. The highest BCUT2D eigenvalue weighted by Gasteiger charge is 2.27. The Morgan fingerprint density at radius 2 is 1.64 bits per heavy atom. The summed E-state index contributed by atoms with van der Waals surface area (Å²) in [4.78, 5) is 33.3. The van der Waals surface area contributed by atoms with Gasteiger partial charge in [-0.2, -0.15) is 0 Å². The van der Waals surface area contributed by atoms with Crippen molar-refractivity contribution in [2.75, 3.05) is 0 Å². The van der Waals surface area contributed by atoms with Crippen LogP contribution in [0.4, 0.5) is 5.69 Å². The van der Waals surface area contributed by atoms with Gasteiger partial charge in [-0.3, -0.25) is 14.9 Å². The van der Waals surface area contributed by atoms with Crippen molar-refractivity contribution in [3.63, 3.8) is 0 Å². The van der Waals surface area contributed by atoms with Crippen molar-refractivity contribution < 1.29 is 30.2 Å². The van der Waals surface area contributed by atoms with Crippen LogP contribution in [0.1, 0.15) is 26.3 Å². The van der Waals surface area contributed by atoms with Crippen LogP contribution in [0.5, 0.6) is 5.75 Å². The largest absolute Gasteiger partial charge is 0.507 e. The number of nitrogens with zero attached hydrogens (tertiary/aromatic N) is 1. The summed E-state index contributed by atoms with van der Waals surface area (Å²) < 4.78 is 0. The molecule has 2 aromatic rings. The molecule has 0 aliphatic rings. The van der Waals surface area contributed by atoms with Crippen LogP contribution in [-0.4, -0.2) is 32.4 Å². The SMILES string of the molecule is O.O=C(O)c1cc(O)c(C(=O)c2ccccc2)c([N+](=O)[O-])c1. The van der Waals surface area contributed by atoms with Crippen LogP contribution in [0, 0.1) is 10.1 Å². The number of rotatable bonds is 4. The number of aromatic carboxylic acids is 1. The quantitative estimate of drug-likeness (QED) is 0.495. The standard InChI is InChI=1S/C14H9NO6.H2O/c16-11-7-9(14(18)19)6-10(15(20)21)12(11)13(17)8-4-2-1-3-5-8;/h1-7,16H,(H,18,19);1H2. The van der Waals surface area contributed by atoms with Gasteiger partial charge in [0.1, 0.15) is 11.3 Å². The van der Waals surface area contributed by atoms with Gasteiger partial charge in [-0.25, -0.2) is 4.79 Å². The van der Waals surface area contributed by atoms with Crippen LogP contribution in [0.25, 0.3) is 0 Å². The zero-order chi connectivity index (χ0) is 15.6. The van der Waals surface area contributed by atoms with Crippen molar-refractivity contribution in [3.8, 4) is 5.75 Å². The molecule has 0 spiro atoms. The number of hydrogen-bond acceptors (Lipinski definition) is 5. The smallest absolute Gasteiger partial charge is 0.336 e. The number of carboxylic acid groups (broad SMARTS) is 1. The molecule has 8 heteroatoms.